The fourth-order valence-electron chi connectivity index (χ4n) is 9.98. The average molecular weight is 677 g/mol. The molecule has 0 spiro atoms. The molecule has 0 bridgehead atoms. The number of hydrogen-bond donors (Lipinski definition) is 0. The van der Waals surface area contributed by atoms with E-state index in [1.165, 1.54) is 56.9 Å². The number of fused-ring (bicyclic) bond motifs is 5. The predicted molar refractivity (Wildman–Crippen MR) is 174 cm³/mol. The number of esters is 1. The van der Waals surface area contributed by atoms with Crippen LogP contribution in [0.2, 0.25) is 0 Å². The van der Waals surface area contributed by atoms with Crippen molar-refractivity contribution in [3.63, 3.8) is 0 Å². The van der Waals surface area contributed by atoms with E-state index in [1.54, 1.807) is 5.57 Å². The van der Waals surface area contributed by atoms with Crippen LogP contribution in [-0.2, 0) is 15.4 Å². The quantitative estimate of drug-likeness (QED) is 0.148. The molecule has 4 heteroatoms. The Labute approximate surface area is 261 Å². The van der Waals surface area contributed by atoms with Crippen LogP contribution in [0.25, 0.3) is 0 Å². The number of benzene rings is 1. The Morgan fingerprint density at radius 3 is 2.48 bits per heavy atom. The molecule has 3 fully saturated rings. The van der Waals surface area contributed by atoms with E-state index in [-0.39, 0.29) is 17.5 Å². The van der Waals surface area contributed by atoms with Crippen molar-refractivity contribution >= 4 is 37.8 Å². The van der Waals surface area contributed by atoms with Crippen LogP contribution in [0.15, 0.2) is 29.8 Å². The number of allylic oxidation sites excluding steroid dienone is 1. The van der Waals surface area contributed by atoms with Gasteiger partial charge in [-0.15, -0.1) is 0 Å². The summed E-state index contributed by atoms with van der Waals surface area (Å²) in [6, 6.07) is 5.95. The van der Waals surface area contributed by atoms with Crippen LogP contribution in [-0.4, -0.2) is 12.1 Å². The summed E-state index contributed by atoms with van der Waals surface area (Å²) >= 11 is 7.12. The van der Waals surface area contributed by atoms with Gasteiger partial charge in [0.1, 0.15) is 6.10 Å². The summed E-state index contributed by atoms with van der Waals surface area (Å²) in [5.41, 5.74) is 5.44. The Morgan fingerprint density at radius 2 is 1.75 bits per heavy atom. The third-order valence-corrected chi connectivity index (χ3v) is 13.5. The largest absolute Gasteiger partial charge is 0.458 e. The lowest BCUT2D eigenvalue weighted by molar-refractivity contribution is -0.0594. The zero-order valence-corrected chi connectivity index (χ0v) is 28.8. The molecule has 0 unspecified atom stereocenters. The first kappa shape index (κ1) is 30.8. The summed E-state index contributed by atoms with van der Waals surface area (Å²) in [7, 11) is 0. The van der Waals surface area contributed by atoms with Gasteiger partial charge >= 0.3 is 5.97 Å². The van der Waals surface area contributed by atoms with Crippen LogP contribution in [0.1, 0.15) is 127 Å². The molecular formula is C36H52Br2O2. The molecule has 3 saturated carbocycles. The molecule has 40 heavy (non-hydrogen) atoms. The highest BCUT2D eigenvalue weighted by molar-refractivity contribution is 9.09. The summed E-state index contributed by atoms with van der Waals surface area (Å²) in [6.07, 6.45) is 16.8. The van der Waals surface area contributed by atoms with E-state index in [0.29, 0.717) is 11.0 Å². The van der Waals surface area contributed by atoms with Crippen molar-refractivity contribution in [3.05, 3.63) is 46.5 Å². The van der Waals surface area contributed by atoms with E-state index in [2.05, 4.69) is 72.6 Å². The Balaban J connectivity index is 1.24. The van der Waals surface area contributed by atoms with E-state index in [4.69, 9.17) is 4.74 Å². The molecule has 1 aromatic rings. The molecule has 0 heterocycles. The zero-order chi connectivity index (χ0) is 28.7. The van der Waals surface area contributed by atoms with Gasteiger partial charge in [0.2, 0.25) is 0 Å². The molecular weight excluding hydrogens is 624 g/mol. The fourth-order valence-corrected chi connectivity index (χ4v) is 11.0. The monoisotopic (exact) mass is 674 g/mol. The fraction of sp³-hybridized carbons (Fsp3) is 0.750. The van der Waals surface area contributed by atoms with E-state index in [1.807, 2.05) is 18.2 Å². The number of hydrogen-bond acceptors (Lipinski definition) is 2. The molecule has 0 N–H and O–H groups in total. The van der Waals surface area contributed by atoms with Crippen molar-refractivity contribution in [1.29, 1.82) is 0 Å². The molecule has 5 rings (SSSR count). The van der Waals surface area contributed by atoms with Crippen LogP contribution >= 0.6 is 31.9 Å². The zero-order valence-electron chi connectivity index (χ0n) is 25.6. The van der Waals surface area contributed by atoms with Crippen LogP contribution in [0.5, 0.6) is 0 Å². The van der Waals surface area contributed by atoms with Crippen LogP contribution in [0, 0.1) is 46.3 Å². The standard InChI is InChI=1S/C36H52Br2O2/c1-23(2)7-6-8-24(3)31-13-14-32-30-12-11-28-20-29(15-17-35(28,4)33(30)16-18-36(31,32)5)40-34(39)25-9-10-26(21-37)27(19-25)22-38/h9-11,19,23-24,29-33H,6-8,12-18,20-22H2,1-5H3/t24-,29+,30+,31-,32+,33+,35+,36-/m1/s1. The molecule has 2 nitrogen and oxygen atoms in total. The Kier molecular flexibility index (Phi) is 9.68. The summed E-state index contributed by atoms with van der Waals surface area (Å²) in [5.74, 6) is 4.97. The van der Waals surface area contributed by atoms with E-state index in [9.17, 15) is 4.79 Å². The maximum absolute atomic E-state index is 13.1. The summed E-state index contributed by atoms with van der Waals surface area (Å²) in [5, 5.41) is 1.53. The normalized spacial score (nSPS) is 35.9. The Hall–Kier alpha value is -0.610. The molecule has 0 radical (unpaired) electrons. The maximum atomic E-state index is 13.1. The van der Waals surface area contributed by atoms with Crippen molar-refractivity contribution in [1.82, 2.24) is 0 Å². The highest BCUT2D eigenvalue weighted by atomic mass is 79.9. The van der Waals surface area contributed by atoms with Gasteiger partial charge in [0.25, 0.3) is 0 Å². The number of rotatable bonds is 9. The third-order valence-electron chi connectivity index (χ3n) is 12.3. The van der Waals surface area contributed by atoms with Gasteiger partial charge in [-0.3, -0.25) is 0 Å². The molecule has 8 atom stereocenters. The van der Waals surface area contributed by atoms with Crippen LogP contribution in [0.4, 0.5) is 0 Å². The minimum Gasteiger partial charge on any atom is -0.458 e. The van der Waals surface area contributed by atoms with Crippen molar-refractivity contribution in [3.8, 4) is 0 Å². The van der Waals surface area contributed by atoms with Gasteiger partial charge in [-0.25, -0.2) is 4.79 Å². The molecule has 0 aliphatic heterocycles. The van der Waals surface area contributed by atoms with Gasteiger partial charge in [0.15, 0.2) is 0 Å². The molecule has 0 amide bonds. The van der Waals surface area contributed by atoms with Crippen molar-refractivity contribution in [2.24, 2.45) is 46.3 Å². The first-order chi connectivity index (χ1) is 19.1. The van der Waals surface area contributed by atoms with Gasteiger partial charge in [0, 0.05) is 17.1 Å². The van der Waals surface area contributed by atoms with Gasteiger partial charge < -0.3 is 4.74 Å². The van der Waals surface area contributed by atoms with E-state index in [0.717, 1.165) is 71.0 Å². The maximum Gasteiger partial charge on any atom is 0.338 e. The first-order valence-corrected chi connectivity index (χ1v) is 18.5. The predicted octanol–water partition coefficient (Wildman–Crippen LogP) is 11.0. The summed E-state index contributed by atoms with van der Waals surface area (Å²) in [4.78, 5) is 13.1. The Morgan fingerprint density at radius 1 is 0.975 bits per heavy atom. The highest BCUT2D eigenvalue weighted by Crippen LogP contribution is 2.67. The van der Waals surface area contributed by atoms with Crippen molar-refractivity contribution in [2.45, 2.75) is 122 Å². The molecule has 1 aromatic carbocycles. The third kappa shape index (κ3) is 5.80. The second-order valence-corrected chi connectivity index (χ2v) is 15.9. The van der Waals surface area contributed by atoms with E-state index >= 15 is 0 Å². The number of carbonyl (C=O) groups excluding carboxylic acids is 1. The minimum atomic E-state index is -0.167. The van der Waals surface area contributed by atoms with Crippen molar-refractivity contribution < 1.29 is 9.53 Å². The number of halogens is 2. The minimum absolute atomic E-state index is 0.00283. The average Bonchev–Trinajstić information content (AvgIpc) is 3.29. The molecule has 222 valence electrons. The summed E-state index contributed by atoms with van der Waals surface area (Å²) < 4.78 is 6.15. The van der Waals surface area contributed by atoms with Gasteiger partial charge in [0.05, 0.1) is 5.56 Å². The first-order valence-electron chi connectivity index (χ1n) is 16.2. The second-order valence-electron chi connectivity index (χ2n) is 14.8. The van der Waals surface area contributed by atoms with Gasteiger partial charge in [-0.1, -0.05) is 103 Å². The SMILES string of the molecule is CC(C)CCC[C@@H](C)[C@H]1CC[C@H]2[C@@H]3CC=C4C[C@@H](OC(=O)c5ccc(CBr)c(CBr)c5)CC[C@]4(C)[C@H]3CC[C@]12C. The number of carbonyl (C=O) groups is 1. The summed E-state index contributed by atoms with van der Waals surface area (Å²) in [6.45, 7) is 12.6. The Bertz CT molecular complexity index is 1090. The second kappa shape index (κ2) is 12.6. The highest BCUT2D eigenvalue weighted by Gasteiger charge is 2.59. The molecule has 4 aliphatic rings. The smallest absolute Gasteiger partial charge is 0.338 e. The molecule has 4 aliphatic carbocycles. The van der Waals surface area contributed by atoms with Gasteiger partial charge in [-0.05, 0) is 115 Å². The lowest BCUT2D eigenvalue weighted by Gasteiger charge is -2.58. The molecule has 0 aromatic heterocycles. The molecule has 0 saturated heterocycles. The lowest BCUT2D eigenvalue weighted by atomic mass is 9.47. The lowest BCUT2D eigenvalue weighted by Crippen LogP contribution is -2.51. The number of alkyl halides is 2. The van der Waals surface area contributed by atoms with Gasteiger partial charge in [-0.2, -0.15) is 0 Å². The number of ether oxygens (including phenoxy) is 1. The van der Waals surface area contributed by atoms with E-state index < -0.39 is 0 Å². The van der Waals surface area contributed by atoms with Crippen LogP contribution < -0.4 is 0 Å². The van der Waals surface area contributed by atoms with Crippen molar-refractivity contribution in [2.75, 3.05) is 0 Å². The topological polar surface area (TPSA) is 26.3 Å². The van der Waals surface area contributed by atoms with Crippen LogP contribution in [0.3, 0.4) is 0 Å².